The fraction of sp³-hybridized carbons (Fsp3) is 0.826. The third-order valence-electron chi connectivity index (χ3n) is 8.50. The second-order valence-electron chi connectivity index (χ2n) is 10.4. The molecule has 0 aliphatic heterocycles. The van der Waals surface area contributed by atoms with Gasteiger partial charge in [-0.05, 0) is 49.4 Å². The van der Waals surface area contributed by atoms with Crippen LogP contribution in [-0.2, 0) is 19.2 Å². The fourth-order valence-electron chi connectivity index (χ4n) is 5.21. The van der Waals surface area contributed by atoms with Gasteiger partial charge in [-0.1, -0.05) is 34.6 Å². The van der Waals surface area contributed by atoms with Gasteiger partial charge in [0.25, 0.3) is 0 Å². The Labute approximate surface area is 179 Å². The zero-order valence-electron chi connectivity index (χ0n) is 19.6. The van der Waals surface area contributed by atoms with Crippen molar-refractivity contribution in [2.75, 3.05) is 14.1 Å². The maximum Gasteiger partial charge on any atom is 0.247 e. The second kappa shape index (κ2) is 7.34. The van der Waals surface area contributed by atoms with E-state index in [4.69, 9.17) is 0 Å². The molecular weight excluding hydrogens is 382 g/mol. The first-order chi connectivity index (χ1) is 13.9. The maximum absolute atomic E-state index is 13.4. The van der Waals surface area contributed by atoms with Gasteiger partial charge in [0.2, 0.25) is 17.7 Å². The second-order valence-corrected chi connectivity index (χ2v) is 10.4. The third-order valence-corrected chi connectivity index (χ3v) is 8.50. The Bertz CT molecular complexity index is 758. The minimum Gasteiger partial charge on any atom is -0.341 e. The quantitative estimate of drug-likeness (QED) is 0.607. The normalized spacial score (nSPS) is 39.7. The van der Waals surface area contributed by atoms with Crippen LogP contribution >= 0.6 is 0 Å². The lowest BCUT2D eigenvalue weighted by atomic mass is 10.0. The highest BCUT2D eigenvalue weighted by Crippen LogP contribution is 2.55. The molecule has 1 N–H and O–H groups in total. The molecule has 0 bridgehead atoms. The molecule has 0 aromatic rings. The van der Waals surface area contributed by atoms with Gasteiger partial charge in [-0.25, -0.2) is 0 Å². The molecule has 0 radical (unpaired) electrons. The molecule has 3 fully saturated rings. The summed E-state index contributed by atoms with van der Waals surface area (Å²) in [5.41, 5.74) is -1.80. The molecule has 0 aromatic carbocycles. The van der Waals surface area contributed by atoms with Gasteiger partial charge >= 0.3 is 0 Å². The van der Waals surface area contributed by atoms with Crippen molar-refractivity contribution >= 4 is 24.0 Å². The van der Waals surface area contributed by atoms with E-state index in [1.807, 2.05) is 34.6 Å². The van der Waals surface area contributed by atoms with Gasteiger partial charge in [-0.2, -0.15) is 0 Å². The number of hydrogen-bond acceptors (Lipinski definition) is 4. The average molecular weight is 420 g/mol. The molecular formula is C23H37N3O4. The highest BCUT2D eigenvalue weighted by molar-refractivity contribution is 5.99. The number of hydrogen-bond donors (Lipinski definition) is 1. The summed E-state index contributed by atoms with van der Waals surface area (Å²) in [6.07, 6.45) is 2.28. The Hall–Kier alpha value is -1.92. The number of likely N-dealkylation sites (N-methyl/N-ethyl adjacent to an activating group) is 2. The van der Waals surface area contributed by atoms with Crippen molar-refractivity contribution in [1.29, 1.82) is 0 Å². The van der Waals surface area contributed by atoms with E-state index in [2.05, 4.69) is 5.32 Å². The Balaban J connectivity index is 1.78. The van der Waals surface area contributed by atoms with E-state index >= 15 is 0 Å². The third kappa shape index (κ3) is 3.25. The Morgan fingerprint density at radius 2 is 1.60 bits per heavy atom. The van der Waals surface area contributed by atoms with Crippen LogP contribution in [0, 0.1) is 35.5 Å². The largest absolute Gasteiger partial charge is 0.341 e. The molecule has 4 unspecified atom stereocenters. The van der Waals surface area contributed by atoms with Crippen LogP contribution in [0.3, 0.4) is 0 Å². The molecule has 7 atom stereocenters. The molecule has 0 aromatic heterocycles. The van der Waals surface area contributed by atoms with Gasteiger partial charge in [0.1, 0.15) is 23.4 Å². The fourth-order valence-corrected chi connectivity index (χ4v) is 5.21. The van der Waals surface area contributed by atoms with Crippen molar-refractivity contribution < 1.29 is 19.2 Å². The summed E-state index contributed by atoms with van der Waals surface area (Å²) < 4.78 is 0. The highest BCUT2D eigenvalue weighted by Gasteiger charge is 2.69. The smallest absolute Gasteiger partial charge is 0.247 e. The average Bonchev–Trinajstić information content (AvgIpc) is 3.65. The molecule has 3 aliphatic rings. The summed E-state index contributed by atoms with van der Waals surface area (Å²) in [5, 5.41) is 2.98. The summed E-state index contributed by atoms with van der Waals surface area (Å²) in [4.78, 5) is 54.2. The van der Waals surface area contributed by atoms with Crippen LogP contribution in [0.1, 0.15) is 54.4 Å². The number of rotatable bonds is 8. The lowest BCUT2D eigenvalue weighted by Crippen LogP contribution is -2.59. The van der Waals surface area contributed by atoms with E-state index in [-0.39, 0.29) is 47.3 Å². The lowest BCUT2D eigenvalue weighted by Gasteiger charge is -2.35. The zero-order valence-corrected chi connectivity index (χ0v) is 19.6. The van der Waals surface area contributed by atoms with E-state index in [1.54, 1.807) is 21.0 Å². The van der Waals surface area contributed by atoms with Crippen molar-refractivity contribution in [3.8, 4) is 0 Å². The molecule has 3 rings (SSSR count). The van der Waals surface area contributed by atoms with Crippen LogP contribution in [0.4, 0.5) is 0 Å². The zero-order chi connectivity index (χ0) is 22.8. The summed E-state index contributed by atoms with van der Waals surface area (Å²) in [5.74, 6) is 0.271. The molecule has 0 spiro atoms. The number of carbonyl (C=O) groups excluding carboxylic acids is 4. The first-order valence-corrected chi connectivity index (χ1v) is 11.2. The number of nitrogens with one attached hydrogen (secondary N) is 1. The van der Waals surface area contributed by atoms with Crippen molar-refractivity contribution in [3.63, 3.8) is 0 Å². The predicted octanol–water partition coefficient (Wildman–Crippen LogP) is 1.70. The summed E-state index contributed by atoms with van der Waals surface area (Å²) in [6, 6.07) is -0.646. The van der Waals surface area contributed by atoms with Gasteiger partial charge in [0.15, 0.2) is 0 Å². The molecule has 0 heterocycles. The van der Waals surface area contributed by atoms with Gasteiger partial charge in [-0.15, -0.1) is 0 Å². The van der Waals surface area contributed by atoms with Gasteiger partial charge in [-0.3, -0.25) is 14.4 Å². The molecule has 3 aliphatic carbocycles. The Kier molecular flexibility index (Phi) is 5.57. The Morgan fingerprint density at radius 3 is 1.97 bits per heavy atom. The number of aldehydes is 1. The standard InChI is InChI=1S/C23H37N3O4/c1-12(2)18-10-23(18,21(30)24-22(11-27)14(4)15(22)5)26(8)19(28)16(6)25(7)20(29)17-9-13(17)3/h11-18H,9-10H2,1-8H3,(H,24,30)/t13?,14?,15?,16-,17+,18+,22?,23?/m1/s1. The van der Waals surface area contributed by atoms with Crippen LogP contribution in [0.25, 0.3) is 0 Å². The minimum atomic E-state index is -0.964. The summed E-state index contributed by atoms with van der Waals surface area (Å²) in [6.45, 7) is 11.8. The first-order valence-electron chi connectivity index (χ1n) is 11.2. The van der Waals surface area contributed by atoms with Crippen molar-refractivity contribution in [2.24, 2.45) is 35.5 Å². The van der Waals surface area contributed by atoms with Crippen molar-refractivity contribution in [2.45, 2.75) is 71.5 Å². The number of amides is 3. The topological polar surface area (TPSA) is 86.8 Å². The van der Waals surface area contributed by atoms with Crippen LogP contribution in [0.5, 0.6) is 0 Å². The van der Waals surface area contributed by atoms with Crippen LogP contribution in [-0.4, -0.2) is 65.0 Å². The van der Waals surface area contributed by atoms with Crippen LogP contribution in [0.15, 0.2) is 0 Å². The van der Waals surface area contributed by atoms with Gasteiger partial charge < -0.3 is 19.9 Å². The molecule has 0 saturated heterocycles. The number of carbonyl (C=O) groups is 4. The van der Waals surface area contributed by atoms with Crippen LogP contribution < -0.4 is 5.32 Å². The van der Waals surface area contributed by atoms with Crippen molar-refractivity contribution in [3.05, 3.63) is 0 Å². The first kappa shape index (κ1) is 22.8. The molecule has 168 valence electrons. The van der Waals surface area contributed by atoms with Crippen molar-refractivity contribution in [1.82, 2.24) is 15.1 Å². The SMILES string of the molecule is CC1C[C@@H]1C(=O)N(C)[C@H](C)C(=O)N(C)C1(C(=O)NC2(C=O)C(C)C2C)C[C@H]1C(C)C. The van der Waals surface area contributed by atoms with E-state index in [0.717, 1.165) is 12.7 Å². The number of nitrogens with zero attached hydrogens (tertiary/aromatic N) is 2. The maximum atomic E-state index is 13.4. The molecule has 3 amide bonds. The molecule has 7 nitrogen and oxygen atoms in total. The molecule has 3 saturated carbocycles. The van der Waals surface area contributed by atoms with E-state index in [9.17, 15) is 19.2 Å². The Morgan fingerprint density at radius 1 is 1.07 bits per heavy atom. The van der Waals surface area contributed by atoms with Crippen LogP contribution in [0.2, 0.25) is 0 Å². The van der Waals surface area contributed by atoms with E-state index < -0.39 is 17.1 Å². The van der Waals surface area contributed by atoms with Gasteiger partial charge in [0.05, 0.1) is 0 Å². The highest BCUT2D eigenvalue weighted by atomic mass is 16.2. The summed E-state index contributed by atoms with van der Waals surface area (Å²) >= 11 is 0. The predicted molar refractivity (Wildman–Crippen MR) is 113 cm³/mol. The van der Waals surface area contributed by atoms with Gasteiger partial charge in [0, 0.05) is 20.0 Å². The van der Waals surface area contributed by atoms with E-state index in [1.165, 1.54) is 9.80 Å². The summed E-state index contributed by atoms with van der Waals surface area (Å²) in [7, 11) is 3.32. The lowest BCUT2D eigenvalue weighted by molar-refractivity contribution is -0.149. The monoisotopic (exact) mass is 419 g/mol. The van der Waals surface area contributed by atoms with E-state index in [0.29, 0.717) is 12.3 Å². The molecule has 7 heteroatoms. The molecule has 30 heavy (non-hydrogen) atoms. The minimum absolute atomic E-state index is 0.00226.